The van der Waals surface area contributed by atoms with Crippen LogP contribution in [0, 0.1) is 6.92 Å². The number of halogens is 5. The molecule has 1 aromatic heterocycles. The Morgan fingerprint density at radius 3 is 2.51 bits per heavy atom. The number of rotatable bonds is 4. The molecule has 0 radical (unpaired) electrons. The number of benzene rings is 2. The third kappa shape index (κ3) is 5.21. The van der Waals surface area contributed by atoms with Crippen molar-refractivity contribution in [2.24, 2.45) is 5.10 Å². The summed E-state index contributed by atoms with van der Waals surface area (Å²) in [6.45, 7) is 1.62. The van der Waals surface area contributed by atoms with Gasteiger partial charge in [0.25, 0.3) is 11.8 Å². The van der Waals surface area contributed by atoms with E-state index in [-0.39, 0.29) is 22.0 Å². The largest absolute Gasteiger partial charge is 0.455 e. The molecular weight excluding hydrogens is 506 g/mol. The zero-order valence-electron chi connectivity index (χ0n) is 18.2. The Labute approximate surface area is 208 Å². The summed E-state index contributed by atoms with van der Waals surface area (Å²) < 4.78 is 45.6. The van der Waals surface area contributed by atoms with Gasteiger partial charge in [0.15, 0.2) is 5.76 Å². The average Bonchev–Trinajstić information content (AvgIpc) is 3.14. The van der Waals surface area contributed by atoms with Crippen molar-refractivity contribution in [1.82, 2.24) is 5.43 Å². The number of furan rings is 1. The van der Waals surface area contributed by atoms with Crippen LogP contribution >= 0.6 is 23.2 Å². The molecule has 0 aliphatic heterocycles. The number of anilines is 1. The van der Waals surface area contributed by atoms with E-state index in [1.54, 1.807) is 6.92 Å². The van der Waals surface area contributed by atoms with E-state index in [0.717, 1.165) is 6.07 Å². The lowest BCUT2D eigenvalue weighted by atomic mass is 9.93. The summed E-state index contributed by atoms with van der Waals surface area (Å²) in [5.74, 6) is -1.01. The summed E-state index contributed by atoms with van der Waals surface area (Å²) in [6.07, 6.45) is -2.97. The van der Waals surface area contributed by atoms with Gasteiger partial charge >= 0.3 is 6.18 Å². The van der Waals surface area contributed by atoms with Crippen LogP contribution in [0.5, 0.6) is 0 Å². The predicted octanol–water partition coefficient (Wildman–Crippen LogP) is 6.64. The van der Waals surface area contributed by atoms with Gasteiger partial charge in [-0.3, -0.25) is 9.59 Å². The van der Waals surface area contributed by atoms with Crippen LogP contribution in [0.2, 0.25) is 10.0 Å². The van der Waals surface area contributed by atoms with E-state index in [1.807, 2.05) is 0 Å². The minimum atomic E-state index is -4.63. The molecule has 0 unspecified atom stereocenters. The van der Waals surface area contributed by atoms with Crippen LogP contribution in [0.25, 0.3) is 0 Å². The number of alkyl halides is 3. The van der Waals surface area contributed by atoms with Crippen LogP contribution < -0.4 is 10.7 Å². The normalized spacial score (nSPS) is 14.5. The van der Waals surface area contributed by atoms with Gasteiger partial charge in [-0.2, -0.15) is 18.3 Å². The molecule has 1 aliphatic rings. The number of aryl methyl sites for hydroxylation is 1. The van der Waals surface area contributed by atoms with Crippen molar-refractivity contribution in [3.05, 3.63) is 86.3 Å². The molecule has 0 saturated heterocycles. The zero-order valence-corrected chi connectivity index (χ0v) is 19.7. The quantitative estimate of drug-likeness (QED) is 0.376. The molecular formula is C24H18Cl2F3N3O3. The highest BCUT2D eigenvalue weighted by Crippen LogP contribution is 2.35. The summed E-state index contributed by atoms with van der Waals surface area (Å²) in [5.41, 5.74) is 2.75. The smallest absolute Gasteiger partial charge is 0.418 e. The van der Waals surface area contributed by atoms with Crippen LogP contribution in [0.3, 0.4) is 0 Å². The Morgan fingerprint density at radius 2 is 1.80 bits per heavy atom. The highest BCUT2D eigenvalue weighted by atomic mass is 35.5. The molecule has 0 spiro atoms. The van der Waals surface area contributed by atoms with Crippen molar-refractivity contribution in [1.29, 1.82) is 0 Å². The number of hydrazone groups is 1. The number of nitrogens with zero attached hydrogens (tertiary/aromatic N) is 1. The summed E-state index contributed by atoms with van der Waals surface area (Å²) in [7, 11) is 0. The van der Waals surface area contributed by atoms with Crippen molar-refractivity contribution in [2.75, 3.05) is 5.32 Å². The fourth-order valence-corrected chi connectivity index (χ4v) is 4.36. The fraction of sp³-hybridized carbons (Fsp3) is 0.208. The van der Waals surface area contributed by atoms with Gasteiger partial charge in [0.1, 0.15) is 5.76 Å². The van der Waals surface area contributed by atoms with Gasteiger partial charge in [0, 0.05) is 22.6 Å². The minimum Gasteiger partial charge on any atom is -0.455 e. The van der Waals surface area contributed by atoms with Gasteiger partial charge in [-0.1, -0.05) is 35.3 Å². The van der Waals surface area contributed by atoms with E-state index in [4.69, 9.17) is 27.6 Å². The van der Waals surface area contributed by atoms with Crippen molar-refractivity contribution >= 4 is 46.4 Å². The Balaban J connectivity index is 1.59. The number of nitrogens with one attached hydrogen (secondary N) is 2. The first kappa shape index (κ1) is 24.8. The highest BCUT2D eigenvalue weighted by molar-refractivity contribution is 6.36. The van der Waals surface area contributed by atoms with Gasteiger partial charge in [-0.15, -0.1) is 0 Å². The van der Waals surface area contributed by atoms with Crippen molar-refractivity contribution in [3.63, 3.8) is 0 Å². The molecule has 35 heavy (non-hydrogen) atoms. The van der Waals surface area contributed by atoms with Crippen molar-refractivity contribution in [3.8, 4) is 0 Å². The molecule has 2 aromatic carbocycles. The molecule has 182 valence electrons. The van der Waals surface area contributed by atoms with Crippen LogP contribution in [0.4, 0.5) is 18.9 Å². The Morgan fingerprint density at radius 1 is 1.06 bits per heavy atom. The molecule has 2 amide bonds. The third-order valence-electron chi connectivity index (χ3n) is 5.48. The summed E-state index contributed by atoms with van der Waals surface area (Å²) in [6, 6.07) is 9.12. The topological polar surface area (TPSA) is 83.7 Å². The van der Waals surface area contributed by atoms with Crippen molar-refractivity contribution < 1.29 is 27.2 Å². The van der Waals surface area contributed by atoms with E-state index in [9.17, 15) is 22.8 Å². The standard InChI is InChI=1S/C24H18Cl2F3N3O3/c1-12-20-18(31-32-22(33)14-10-9-13(25)11-16(14)26)7-4-8-19(20)35-21(12)23(34)30-17-6-3-2-5-15(17)24(27,28)29/h2-3,5-6,9-11H,4,7-8H2,1H3,(H,30,34)(H,32,33)/b31-18+. The number of amides is 2. The molecule has 0 saturated carbocycles. The fourth-order valence-electron chi connectivity index (χ4n) is 3.87. The van der Waals surface area contributed by atoms with Crippen molar-refractivity contribution in [2.45, 2.75) is 32.4 Å². The first-order chi connectivity index (χ1) is 16.6. The maximum Gasteiger partial charge on any atom is 0.418 e. The van der Waals surface area contributed by atoms with Crippen LogP contribution in [-0.2, 0) is 12.6 Å². The Kier molecular flexibility index (Phi) is 6.91. The highest BCUT2D eigenvalue weighted by Gasteiger charge is 2.34. The minimum absolute atomic E-state index is 0.117. The second-order valence-electron chi connectivity index (χ2n) is 7.83. The molecule has 1 aliphatic carbocycles. The summed E-state index contributed by atoms with van der Waals surface area (Å²) in [4.78, 5) is 25.4. The molecule has 11 heteroatoms. The molecule has 0 bridgehead atoms. The van der Waals surface area contributed by atoms with E-state index >= 15 is 0 Å². The Bertz CT molecular complexity index is 1350. The van der Waals surface area contributed by atoms with Gasteiger partial charge in [-0.25, -0.2) is 5.43 Å². The molecule has 0 atom stereocenters. The molecule has 3 aromatic rings. The van der Waals surface area contributed by atoms with E-state index in [0.29, 0.717) is 46.9 Å². The van der Waals surface area contributed by atoms with E-state index < -0.39 is 23.6 Å². The van der Waals surface area contributed by atoms with Gasteiger partial charge < -0.3 is 9.73 Å². The lowest BCUT2D eigenvalue weighted by Gasteiger charge is -2.13. The number of hydrogen-bond acceptors (Lipinski definition) is 4. The second kappa shape index (κ2) is 9.75. The first-order valence-electron chi connectivity index (χ1n) is 10.5. The summed E-state index contributed by atoms with van der Waals surface area (Å²) >= 11 is 11.9. The lowest BCUT2D eigenvalue weighted by Crippen LogP contribution is -2.22. The molecule has 0 fully saturated rings. The molecule has 1 heterocycles. The number of carbonyl (C=O) groups is 2. The van der Waals surface area contributed by atoms with E-state index in [2.05, 4.69) is 15.8 Å². The molecule has 6 nitrogen and oxygen atoms in total. The summed E-state index contributed by atoms with van der Waals surface area (Å²) in [5, 5.41) is 7.05. The molecule has 4 rings (SSSR count). The number of hydrogen-bond donors (Lipinski definition) is 2. The number of para-hydroxylation sites is 1. The SMILES string of the molecule is Cc1c(C(=O)Nc2ccccc2C(F)(F)F)oc2c1/C(=N/NC(=O)c1ccc(Cl)cc1Cl)CCC2. The third-order valence-corrected chi connectivity index (χ3v) is 6.03. The van der Waals surface area contributed by atoms with Crippen LogP contribution in [0.1, 0.15) is 56.2 Å². The monoisotopic (exact) mass is 523 g/mol. The van der Waals surface area contributed by atoms with E-state index in [1.165, 1.54) is 36.4 Å². The van der Waals surface area contributed by atoms with Crippen LogP contribution in [-0.4, -0.2) is 17.5 Å². The zero-order chi connectivity index (χ0) is 25.3. The second-order valence-corrected chi connectivity index (χ2v) is 8.67. The Hall–Kier alpha value is -3.30. The number of carbonyl (C=O) groups excluding carboxylic acids is 2. The maximum atomic E-state index is 13.3. The van der Waals surface area contributed by atoms with Gasteiger partial charge in [0.05, 0.1) is 27.5 Å². The maximum absolute atomic E-state index is 13.3. The first-order valence-corrected chi connectivity index (χ1v) is 11.2. The van der Waals surface area contributed by atoms with Gasteiger partial charge in [-0.05, 0) is 50.1 Å². The average molecular weight is 524 g/mol. The van der Waals surface area contributed by atoms with Gasteiger partial charge in [0.2, 0.25) is 0 Å². The van der Waals surface area contributed by atoms with Crippen LogP contribution in [0.15, 0.2) is 52.0 Å². The predicted molar refractivity (Wildman–Crippen MR) is 126 cm³/mol. The number of fused-ring (bicyclic) bond motifs is 1. The molecule has 2 N–H and O–H groups in total. The lowest BCUT2D eigenvalue weighted by molar-refractivity contribution is -0.136.